The minimum Gasteiger partial charge on any atom is -0.590 e. The largest absolute Gasteiger partial charge is 0.590 e. The van der Waals surface area contributed by atoms with Gasteiger partial charge in [0.1, 0.15) is 14.1 Å². The van der Waals surface area contributed by atoms with E-state index in [9.17, 15) is 9.35 Å². The van der Waals surface area contributed by atoms with Gasteiger partial charge in [-0.15, -0.1) is 4.72 Å². The smallest absolute Gasteiger partial charge is 0.410 e. The number of halogens is 1. The van der Waals surface area contributed by atoms with E-state index in [-0.39, 0.29) is 12.1 Å². The van der Waals surface area contributed by atoms with Crippen LogP contribution in [-0.2, 0) is 13.3 Å². The Morgan fingerprint density at radius 2 is 2.17 bits per heavy atom. The van der Waals surface area contributed by atoms with Gasteiger partial charge in [-0.2, -0.15) is 0 Å². The average Bonchev–Trinajstić information content (AvgIpc) is 2.41. The summed E-state index contributed by atoms with van der Waals surface area (Å²) in [6.45, 7) is 7.93. The number of aryl methyl sites for hydroxylation is 1. The van der Waals surface area contributed by atoms with E-state index >= 15 is 0 Å². The van der Waals surface area contributed by atoms with E-state index in [0.717, 1.165) is 11.3 Å². The van der Waals surface area contributed by atoms with Crippen LogP contribution in [0.4, 0.5) is 4.79 Å². The normalized spacial score (nSPS) is 14.2. The third-order valence-corrected chi connectivity index (χ3v) is 4.22. The standard InChI is InChI=1S/C15H24IN3O3S/c1-11-6-7-12(17-10-11)13(18-23(16)21)8-9-19(5)14(20)22-15(2,3)4/h6-7,10,13,18H,8-9H2,1-5H3. The van der Waals surface area contributed by atoms with Crippen molar-refractivity contribution in [3.63, 3.8) is 0 Å². The first kappa shape index (κ1) is 20.5. The number of hydrogen-bond acceptors (Lipinski definition) is 5. The van der Waals surface area contributed by atoms with E-state index in [1.807, 2.05) is 61.0 Å². The number of ether oxygens (including phenoxy) is 1. The maximum Gasteiger partial charge on any atom is 0.410 e. The van der Waals surface area contributed by atoms with Crippen molar-refractivity contribution in [1.82, 2.24) is 14.6 Å². The Morgan fingerprint density at radius 1 is 1.52 bits per heavy atom. The van der Waals surface area contributed by atoms with Gasteiger partial charge in [-0.1, -0.05) is 6.07 Å². The highest BCUT2D eigenvalue weighted by molar-refractivity contribution is 14.2. The van der Waals surface area contributed by atoms with Crippen molar-refractivity contribution in [3.8, 4) is 0 Å². The molecular formula is C15H24IN3O3S. The number of pyridine rings is 1. The molecule has 0 fully saturated rings. The molecule has 1 rings (SSSR count). The fourth-order valence-electron chi connectivity index (χ4n) is 1.82. The van der Waals surface area contributed by atoms with E-state index in [1.54, 1.807) is 13.2 Å². The van der Waals surface area contributed by atoms with Gasteiger partial charge in [0.25, 0.3) is 21.2 Å². The molecule has 0 saturated heterocycles. The number of carbonyl (C=O) groups excluding carboxylic acids is 1. The fourth-order valence-corrected chi connectivity index (χ4v) is 3.20. The van der Waals surface area contributed by atoms with Crippen LogP contribution in [0.15, 0.2) is 18.3 Å². The molecule has 0 aliphatic carbocycles. The zero-order chi connectivity index (χ0) is 17.6. The summed E-state index contributed by atoms with van der Waals surface area (Å²) < 4.78 is 19.8. The van der Waals surface area contributed by atoms with Crippen LogP contribution in [0, 0.1) is 6.92 Å². The van der Waals surface area contributed by atoms with Gasteiger partial charge in [-0.05, 0) is 45.7 Å². The highest BCUT2D eigenvalue weighted by atomic mass is 127. The topological polar surface area (TPSA) is 77.5 Å². The van der Waals surface area contributed by atoms with Crippen molar-refractivity contribution in [2.24, 2.45) is 0 Å². The zero-order valence-electron chi connectivity index (χ0n) is 14.1. The molecule has 1 N–H and O–H groups in total. The van der Waals surface area contributed by atoms with E-state index < -0.39 is 14.1 Å². The molecule has 23 heavy (non-hydrogen) atoms. The van der Waals surface area contributed by atoms with Crippen molar-refractivity contribution in [2.45, 2.75) is 45.8 Å². The Bertz CT molecular complexity index is 506. The number of amides is 1. The second-order valence-corrected chi connectivity index (χ2v) is 9.43. The molecule has 0 aromatic carbocycles. The molecule has 2 unspecified atom stereocenters. The van der Waals surface area contributed by atoms with Crippen molar-refractivity contribution in [1.29, 1.82) is 0 Å². The third kappa shape index (κ3) is 8.18. The van der Waals surface area contributed by atoms with E-state index in [2.05, 4.69) is 9.71 Å². The molecule has 2 atom stereocenters. The fraction of sp³-hybridized carbons (Fsp3) is 0.600. The molecule has 0 radical (unpaired) electrons. The van der Waals surface area contributed by atoms with E-state index in [4.69, 9.17) is 4.74 Å². The molecule has 0 bridgehead atoms. The maximum absolute atomic E-state index is 12.0. The summed E-state index contributed by atoms with van der Waals surface area (Å²) in [7, 11) is 0.492. The van der Waals surface area contributed by atoms with Gasteiger partial charge in [-0.25, -0.2) is 4.79 Å². The molecule has 8 heteroatoms. The predicted molar refractivity (Wildman–Crippen MR) is 100 cm³/mol. The number of aromatic nitrogens is 1. The molecule has 130 valence electrons. The molecule has 1 aromatic rings. The Kier molecular flexibility index (Phi) is 8.05. The van der Waals surface area contributed by atoms with Gasteiger partial charge < -0.3 is 14.2 Å². The monoisotopic (exact) mass is 453 g/mol. The van der Waals surface area contributed by atoms with Crippen molar-refractivity contribution < 1.29 is 14.1 Å². The lowest BCUT2D eigenvalue weighted by Crippen LogP contribution is -2.36. The summed E-state index contributed by atoms with van der Waals surface area (Å²) in [5.41, 5.74) is 1.35. The molecule has 6 nitrogen and oxygen atoms in total. The Hall–Kier alpha value is -0.580. The van der Waals surface area contributed by atoms with Crippen molar-refractivity contribution in [3.05, 3.63) is 29.6 Å². The zero-order valence-corrected chi connectivity index (χ0v) is 17.1. The molecule has 1 heterocycles. The first-order valence-corrected chi connectivity index (χ1v) is 11.0. The van der Waals surface area contributed by atoms with Gasteiger partial charge in [0.2, 0.25) is 0 Å². The molecule has 0 aliphatic heterocycles. The number of nitrogens with one attached hydrogen (secondary N) is 1. The van der Waals surface area contributed by atoms with Crippen LogP contribution in [0.25, 0.3) is 0 Å². The summed E-state index contributed by atoms with van der Waals surface area (Å²) >= 11 is 1.81. The summed E-state index contributed by atoms with van der Waals surface area (Å²) in [6.07, 6.45) is 1.99. The SMILES string of the molecule is Cc1ccc(C(CCN(C)C(=O)OC(C)(C)C)N[S+]([O-])I)nc1. The molecule has 1 aromatic heterocycles. The van der Waals surface area contributed by atoms with Crippen LogP contribution >= 0.6 is 21.2 Å². The first-order chi connectivity index (χ1) is 10.6. The third-order valence-electron chi connectivity index (χ3n) is 2.98. The predicted octanol–water partition coefficient (Wildman–Crippen LogP) is 3.29. The number of hydrogen-bond donors (Lipinski definition) is 1. The minimum atomic E-state index is -1.20. The van der Waals surface area contributed by atoms with E-state index in [0.29, 0.717) is 13.0 Å². The number of nitrogens with zero attached hydrogens (tertiary/aromatic N) is 2. The second-order valence-electron chi connectivity index (χ2n) is 6.34. The molecule has 0 spiro atoms. The number of rotatable bonds is 6. The lowest BCUT2D eigenvalue weighted by molar-refractivity contribution is 0.0294. The quantitative estimate of drug-likeness (QED) is 0.529. The summed E-state index contributed by atoms with van der Waals surface area (Å²) in [5, 5.41) is 0. The lowest BCUT2D eigenvalue weighted by atomic mass is 10.1. The maximum atomic E-state index is 12.0. The van der Waals surface area contributed by atoms with Crippen molar-refractivity contribution >= 4 is 35.8 Å². The van der Waals surface area contributed by atoms with Crippen molar-refractivity contribution in [2.75, 3.05) is 13.6 Å². The van der Waals surface area contributed by atoms with Gasteiger partial charge >= 0.3 is 6.09 Å². The molecule has 0 aliphatic rings. The van der Waals surface area contributed by atoms with Crippen LogP contribution in [0.2, 0.25) is 0 Å². The van der Waals surface area contributed by atoms with Gasteiger partial charge in [-0.3, -0.25) is 4.98 Å². The Morgan fingerprint density at radius 3 is 2.65 bits per heavy atom. The minimum absolute atomic E-state index is 0.196. The second kappa shape index (κ2) is 9.05. The summed E-state index contributed by atoms with van der Waals surface area (Å²) in [4.78, 5) is 17.9. The summed E-state index contributed by atoms with van der Waals surface area (Å²) in [6, 6.07) is 3.67. The highest BCUT2D eigenvalue weighted by Gasteiger charge is 2.23. The van der Waals surface area contributed by atoms with Crippen LogP contribution in [-0.4, -0.2) is 39.7 Å². The van der Waals surface area contributed by atoms with Gasteiger partial charge in [0.05, 0.1) is 11.7 Å². The molecular weight excluding hydrogens is 429 g/mol. The van der Waals surface area contributed by atoms with Crippen LogP contribution < -0.4 is 4.72 Å². The van der Waals surface area contributed by atoms with Gasteiger partial charge in [0, 0.05) is 19.8 Å². The van der Waals surface area contributed by atoms with Crippen LogP contribution in [0.1, 0.15) is 44.5 Å². The highest BCUT2D eigenvalue weighted by Crippen LogP contribution is 2.19. The van der Waals surface area contributed by atoms with Gasteiger partial charge in [0.15, 0.2) is 0 Å². The van der Waals surface area contributed by atoms with Crippen LogP contribution in [0.5, 0.6) is 0 Å². The van der Waals surface area contributed by atoms with E-state index in [1.165, 1.54) is 4.90 Å². The lowest BCUT2D eigenvalue weighted by Gasteiger charge is -2.26. The van der Waals surface area contributed by atoms with Crippen LogP contribution in [0.3, 0.4) is 0 Å². The Balaban J connectivity index is 2.67. The Labute approximate surface area is 153 Å². The first-order valence-electron chi connectivity index (χ1n) is 7.29. The number of carbonyl (C=O) groups is 1. The average molecular weight is 453 g/mol. The molecule has 0 saturated carbocycles. The summed E-state index contributed by atoms with van der Waals surface area (Å²) in [5.74, 6) is 0. The molecule has 1 amide bonds.